The van der Waals surface area contributed by atoms with Gasteiger partial charge >= 0.3 is 5.97 Å². The van der Waals surface area contributed by atoms with Gasteiger partial charge in [-0.05, 0) is 47.3 Å². The van der Waals surface area contributed by atoms with Crippen LogP contribution in [0.4, 0.5) is 5.69 Å². The van der Waals surface area contributed by atoms with Crippen molar-refractivity contribution in [3.05, 3.63) is 92.2 Å². The van der Waals surface area contributed by atoms with Crippen molar-refractivity contribution in [2.75, 3.05) is 0 Å². The van der Waals surface area contributed by atoms with E-state index in [1.54, 1.807) is 41.8 Å². The summed E-state index contributed by atoms with van der Waals surface area (Å²) >= 11 is 1.29. The fourth-order valence-corrected chi connectivity index (χ4v) is 2.76. The highest BCUT2D eigenvalue weighted by atomic mass is 32.1. The molecule has 0 spiro atoms. The number of carbonyl (C=O) groups is 2. The van der Waals surface area contributed by atoms with Gasteiger partial charge in [0, 0.05) is 17.7 Å². The Labute approximate surface area is 163 Å². The number of nitrogens with one attached hydrogen (secondary N) is 1. The van der Waals surface area contributed by atoms with Gasteiger partial charge in [-0.25, -0.2) is 10.2 Å². The van der Waals surface area contributed by atoms with Crippen molar-refractivity contribution in [3.63, 3.8) is 0 Å². The van der Waals surface area contributed by atoms with Gasteiger partial charge in [-0.2, -0.15) is 5.10 Å². The van der Waals surface area contributed by atoms with Crippen molar-refractivity contribution in [1.29, 1.82) is 0 Å². The average molecular weight is 395 g/mol. The van der Waals surface area contributed by atoms with Gasteiger partial charge in [0.05, 0.1) is 11.1 Å². The van der Waals surface area contributed by atoms with Crippen LogP contribution in [0.1, 0.15) is 25.6 Å². The number of thiophene rings is 1. The van der Waals surface area contributed by atoms with Gasteiger partial charge in [0.15, 0.2) is 0 Å². The molecular formula is C19H13N3O5S. The van der Waals surface area contributed by atoms with Gasteiger partial charge in [0.1, 0.15) is 10.6 Å². The summed E-state index contributed by atoms with van der Waals surface area (Å²) in [6.45, 7) is 0. The number of nitro benzene ring substituents is 1. The van der Waals surface area contributed by atoms with Gasteiger partial charge in [-0.15, -0.1) is 11.3 Å². The largest absolute Gasteiger partial charge is 0.422 e. The van der Waals surface area contributed by atoms with Gasteiger partial charge in [-0.3, -0.25) is 14.9 Å². The summed E-state index contributed by atoms with van der Waals surface area (Å²) in [6.07, 6.45) is 1.40. The van der Waals surface area contributed by atoms with E-state index < -0.39 is 16.8 Å². The van der Waals surface area contributed by atoms with Crippen LogP contribution in [-0.2, 0) is 0 Å². The first-order valence-corrected chi connectivity index (χ1v) is 8.84. The Morgan fingerprint density at radius 3 is 2.57 bits per heavy atom. The summed E-state index contributed by atoms with van der Waals surface area (Å²) < 4.78 is 5.25. The molecule has 1 N–H and O–H groups in total. The molecule has 1 heterocycles. The molecule has 2 aromatic carbocycles. The highest BCUT2D eigenvalue weighted by Crippen LogP contribution is 2.16. The molecule has 0 atom stereocenters. The van der Waals surface area contributed by atoms with Crippen molar-refractivity contribution in [3.8, 4) is 5.75 Å². The first kappa shape index (κ1) is 18.9. The van der Waals surface area contributed by atoms with Crippen LogP contribution in [0.2, 0.25) is 0 Å². The topological polar surface area (TPSA) is 111 Å². The minimum atomic E-state index is -0.577. The average Bonchev–Trinajstić information content (AvgIpc) is 3.24. The van der Waals surface area contributed by atoms with Gasteiger partial charge in [0.25, 0.3) is 11.6 Å². The van der Waals surface area contributed by atoms with Crippen LogP contribution in [0.15, 0.2) is 71.1 Å². The number of nitro groups is 1. The predicted octanol–water partition coefficient (Wildman–Crippen LogP) is 3.64. The number of carbonyl (C=O) groups excluding carboxylic acids is 2. The van der Waals surface area contributed by atoms with E-state index in [0.717, 1.165) is 0 Å². The maximum absolute atomic E-state index is 12.0. The smallest absolute Gasteiger partial charge is 0.353 e. The molecule has 3 rings (SSSR count). The van der Waals surface area contributed by atoms with E-state index in [9.17, 15) is 19.7 Å². The Hall–Kier alpha value is -3.85. The van der Waals surface area contributed by atoms with Crippen molar-refractivity contribution in [2.45, 2.75) is 0 Å². The number of rotatable bonds is 6. The van der Waals surface area contributed by atoms with Gasteiger partial charge < -0.3 is 4.74 Å². The van der Waals surface area contributed by atoms with E-state index in [-0.39, 0.29) is 11.3 Å². The number of non-ortho nitro benzene ring substituents is 1. The summed E-state index contributed by atoms with van der Waals surface area (Å²) in [4.78, 5) is 34.6. The number of benzene rings is 2. The lowest BCUT2D eigenvalue weighted by Gasteiger charge is -2.03. The van der Waals surface area contributed by atoms with Crippen LogP contribution in [-0.4, -0.2) is 23.0 Å². The molecule has 9 heteroatoms. The second-order valence-corrected chi connectivity index (χ2v) is 6.39. The van der Waals surface area contributed by atoms with Crippen LogP contribution in [0.3, 0.4) is 0 Å². The maximum atomic E-state index is 12.0. The molecule has 0 saturated heterocycles. The lowest BCUT2D eigenvalue weighted by Crippen LogP contribution is -2.17. The number of hydrogen-bond donors (Lipinski definition) is 1. The zero-order valence-electron chi connectivity index (χ0n) is 14.3. The van der Waals surface area contributed by atoms with Crippen molar-refractivity contribution < 1.29 is 19.2 Å². The van der Waals surface area contributed by atoms with Crippen LogP contribution >= 0.6 is 11.3 Å². The first-order valence-electron chi connectivity index (χ1n) is 7.96. The van der Waals surface area contributed by atoms with Gasteiger partial charge in [0.2, 0.25) is 0 Å². The lowest BCUT2D eigenvalue weighted by atomic mass is 10.2. The van der Waals surface area contributed by atoms with Crippen LogP contribution in [0.25, 0.3) is 0 Å². The Kier molecular flexibility index (Phi) is 5.87. The molecule has 1 amide bonds. The van der Waals surface area contributed by atoms with E-state index in [2.05, 4.69) is 10.5 Å². The van der Waals surface area contributed by atoms with Crippen LogP contribution in [0.5, 0.6) is 5.75 Å². The van der Waals surface area contributed by atoms with Crippen molar-refractivity contribution in [2.24, 2.45) is 5.10 Å². The monoisotopic (exact) mass is 395 g/mol. The van der Waals surface area contributed by atoms with Crippen LogP contribution in [0, 0.1) is 10.1 Å². The normalized spacial score (nSPS) is 10.6. The third kappa shape index (κ3) is 4.86. The number of amides is 1. The minimum Gasteiger partial charge on any atom is -0.422 e. The SMILES string of the molecule is O=C(N/N=C/c1ccc(OC(=O)c2cccs2)cc1)c1cccc([N+](=O)[O-])c1. The van der Waals surface area contributed by atoms with E-state index >= 15 is 0 Å². The van der Waals surface area contributed by atoms with Crippen molar-refractivity contribution >= 4 is 35.1 Å². The van der Waals surface area contributed by atoms with E-state index in [1.165, 1.54) is 41.8 Å². The molecule has 0 radical (unpaired) electrons. The minimum absolute atomic E-state index is 0.127. The molecule has 0 aliphatic rings. The molecule has 0 fully saturated rings. The number of ether oxygens (including phenoxy) is 1. The molecule has 28 heavy (non-hydrogen) atoms. The first-order chi connectivity index (χ1) is 13.5. The van der Waals surface area contributed by atoms with E-state index in [1.807, 2.05) is 0 Å². The number of hydrazone groups is 1. The number of nitrogens with zero attached hydrogens (tertiary/aromatic N) is 2. The second-order valence-electron chi connectivity index (χ2n) is 5.44. The molecule has 0 saturated carbocycles. The quantitative estimate of drug-likeness (QED) is 0.225. The molecular weight excluding hydrogens is 382 g/mol. The summed E-state index contributed by atoms with van der Waals surface area (Å²) in [7, 11) is 0. The number of hydrogen-bond acceptors (Lipinski definition) is 7. The van der Waals surface area contributed by atoms with E-state index in [0.29, 0.717) is 16.2 Å². The molecule has 140 valence electrons. The van der Waals surface area contributed by atoms with Crippen LogP contribution < -0.4 is 10.2 Å². The highest BCUT2D eigenvalue weighted by molar-refractivity contribution is 7.12. The fraction of sp³-hybridized carbons (Fsp3) is 0. The summed E-state index contributed by atoms with van der Waals surface area (Å²) in [5.74, 6) is -0.613. The zero-order valence-corrected chi connectivity index (χ0v) is 15.1. The summed E-state index contributed by atoms with van der Waals surface area (Å²) in [5.41, 5.74) is 2.92. The van der Waals surface area contributed by atoms with Crippen molar-refractivity contribution in [1.82, 2.24) is 5.43 Å². The molecule has 0 unspecified atom stereocenters. The third-order valence-electron chi connectivity index (χ3n) is 3.51. The highest BCUT2D eigenvalue weighted by Gasteiger charge is 2.11. The van der Waals surface area contributed by atoms with E-state index in [4.69, 9.17) is 4.74 Å². The fourth-order valence-electron chi connectivity index (χ4n) is 2.16. The molecule has 0 bridgehead atoms. The van der Waals surface area contributed by atoms with Gasteiger partial charge in [-0.1, -0.05) is 12.1 Å². The molecule has 0 aliphatic heterocycles. The summed E-state index contributed by atoms with van der Waals surface area (Å²) in [5, 5.41) is 16.4. The lowest BCUT2D eigenvalue weighted by molar-refractivity contribution is -0.384. The summed E-state index contributed by atoms with van der Waals surface area (Å²) in [6, 6.07) is 15.3. The Morgan fingerprint density at radius 2 is 1.89 bits per heavy atom. The maximum Gasteiger partial charge on any atom is 0.353 e. The Balaban J connectivity index is 1.57. The zero-order chi connectivity index (χ0) is 19.9. The molecule has 3 aromatic rings. The molecule has 8 nitrogen and oxygen atoms in total. The predicted molar refractivity (Wildman–Crippen MR) is 104 cm³/mol. The molecule has 1 aromatic heterocycles. The number of esters is 1. The Morgan fingerprint density at radius 1 is 1.11 bits per heavy atom. The third-order valence-corrected chi connectivity index (χ3v) is 4.36. The molecule has 0 aliphatic carbocycles. The standard InChI is InChI=1S/C19H13N3O5S/c23-18(14-3-1-4-15(11-14)22(25)26)21-20-12-13-6-8-16(9-7-13)27-19(24)17-5-2-10-28-17/h1-12H,(H,21,23)/b20-12+. The Bertz CT molecular complexity index is 1030. The second kappa shape index (κ2) is 8.69.